The number of piperidine rings is 1. The largest absolute Gasteiger partial charge is 0.356 e. The van der Waals surface area contributed by atoms with Crippen molar-refractivity contribution < 1.29 is 13.2 Å². The fraction of sp³-hybridized carbons (Fsp3) is 0.632. The van der Waals surface area contributed by atoms with Gasteiger partial charge < -0.3 is 10.2 Å². The van der Waals surface area contributed by atoms with Gasteiger partial charge in [-0.1, -0.05) is 32.0 Å². The van der Waals surface area contributed by atoms with Crippen molar-refractivity contribution in [3.63, 3.8) is 0 Å². The summed E-state index contributed by atoms with van der Waals surface area (Å²) in [7, 11) is -3.38. The van der Waals surface area contributed by atoms with E-state index >= 15 is 0 Å². The van der Waals surface area contributed by atoms with E-state index in [0.29, 0.717) is 18.4 Å². The molecule has 5 nitrogen and oxygen atoms in total. The minimum atomic E-state index is -3.38. The van der Waals surface area contributed by atoms with Crippen LogP contribution < -0.4 is 5.32 Å². The molecule has 1 saturated heterocycles. The lowest BCUT2D eigenvalue weighted by Crippen LogP contribution is -2.40. The van der Waals surface area contributed by atoms with E-state index in [2.05, 4.69) is 24.1 Å². The van der Waals surface area contributed by atoms with Gasteiger partial charge in [0.25, 0.3) is 0 Å². The fourth-order valence-electron chi connectivity index (χ4n) is 3.21. The van der Waals surface area contributed by atoms with Crippen molar-refractivity contribution in [1.29, 1.82) is 0 Å². The number of hydrogen-bond acceptors (Lipinski definition) is 4. The van der Waals surface area contributed by atoms with Crippen LogP contribution in [0.2, 0.25) is 0 Å². The van der Waals surface area contributed by atoms with Gasteiger partial charge >= 0.3 is 0 Å². The number of rotatable bonds is 8. The standard InChI is InChI=1S/C19H30N2O3S/c1-16(2)15-21-11-8-17(9-12-21)14-20-19(22)10-13-25(23,24)18-6-4-3-5-7-18/h3-7,16-17H,8-15H2,1-2H3,(H,20,22). The number of benzene rings is 1. The number of nitrogens with zero attached hydrogens (tertiary/aromatic N) is 1. The molecule has 2 rings (SSSR count). The number of nitrogens with one attached hydrogen (secondary N) is 1. The van der Waals surface area contributed by atoms with E-state index in [-0.39, 0.29) is 23.0 Å². The predicted octanol–water partition coefficient (Wildman–Crippen LogP) is 2.33. The van der Waals surface area contributed by atoms with Crippen molar-refractivity contribution in [3.8, 4) is 0 Å². The second kappa shape index (κ2) is 9.34. The van der Waals surface area contributed by atoms with Gasteiger partial charge in [0, 0.05) is 19.5 Å². The summed E-state index contributed by atoms with van der Waals surface area (Å²) >= 11 is 0. The fourth-order valence-corrected chi connectivity index (χ4v) is 4.47. The number of hydrogen-bond donors (Lipinski definition) is 1. The van der Waals surface area contributed by atoms with E-state index < -0.39 is 9.84 Å². The molecule has 0 radical (unpaired) electrons. The molecule has 1 aromatic rings. The first kappa shape index (κ1) is 19.9. The van der Waals surface area contributed by atoms with Crippen LogP contribution in [0.4, 0.5) is 0 Å². The van der Waals surface area contributed by atoms with Gasteiger partial charge in [-0.05, 0) is 49.9 Å². The second-order valence-corrected chi connectivity index (χ2v) is 9.43. The maximum Gasteiger partial charge on any atom is 0.221 e. The first-order chi connectivity index (χ1) is 11.9. The molecule has 1 fully saturated rings. The number of carbonyl (C=O) groups is 1. The lowest BCUT2D eigenvalue weighted by molar-refractivity contribution is -0.120. The van der Waals surface area contributed by atoms with E-state index in [4.69, 9.17) is 0 Å². The normalized spacial score (nSPS) is 16.9. The maximum absolute atomic E-state index is 12.2. The Labute approximate surface area is 151 Å². The molecule has 6 heteroatoms. The van der Waals surface area contributed by atoms with Crippen LogP contribution in [0.25, 0.3) is 0 Å². The van der Waals surface area contributed by atoms with Gasteiger partial charge in [-0.15, -0.1) is 0 Å². The van der Waals surface area contributed by atoms with Gasteiger partial charge in [0.2, 0.25) is 5.91 Å². The van der Waals surface area contributed by atoms with Crippen molar-refractivity contribution in [2.45, 2.75) is 38.0 Å². The maximum atomic E-state index is 12.2. The zero-order chi connectivity index (χ0) is 18.3. The van der Waals surface area contributed by atoms with Crippen LogP contribution in [-0.2, 0) is 14.6 Å². The van der Waals surface area contributed by atoms with Crippen LogP contribution in [-0.4, -0.2) is 51.2 Å². The first-order valence-corrected chi connectivity index (χ1v) is 10.8. The average molecular weight is 367 g/mol. The Hall–Kier alpha value is -1.40. The summed E-state index contributed by atoms with van der Waals surface area (Å²) in [5.41, 5.74) is 0. The molecular formula is C19H30N2O3S. The molecule has 0 atom stereocenters. The van der Waals surface area contributed by atoms with Gasteiger partial charge in [0.15, 0.2) is 9.84 Å². The van der Waals surface area contributed by atoms with E-state index in [1.165, 1.54) is 0 Å². The number of carbonyl (C=O) groups excluding carboxylic acids is 1. The molecule has 1 aliphatic rings. The van der Waals surface area contributed by atoms with E-state index in [1.54, 1.807) is 30.3 Å². The minimum absolute atomic E-state index is 0.0173. The van der Waals surface area contributed by atoms with Crippen molar-refractivity contribution in [1.82, 2.24) is 10.2 Å². The van der Waals surface area contributed by atoms with Gasteiger partial charge in [0.1, 0.15) is 0 Å². The molecule has 1 N–H and O–H groups in total. The molecule has 1 aromatic carbocycles. The van der Waals surface area contributed by atoms with Crippen molar-refractivity contribution in [2.75, 3.05) is 31.9 Å². The summed E-state index contributed by atoms with van der Waals surface area (Å²) in [6.45, 7) is 8.42. The monoisotopic (exact) mass is 366 g/mol. The van der Waals surface area contributed by atoms with Gasteiger partial charge in [0.05, 0.1) is 10.6 Å². The van der Waals surface area contributed by atoms with Gasteiger partial charge in [-0.25, -0.2) is 8.42 Å². The van der Waals surface area contributed by atoms with Crippen LogP contribution in [0.1, 0.15) is 33.1 Å². The Morgan fingerprint density at radius 1 is 1.20 bits per heavy atom. The SMILES string of the molecule is CC(C)CN1CCC(CNC(=O)CCS(=O)(=O)c2ccccc2)CC1. The quantitative estimate of drug-likeness (QED) is 0.767. The van der Waals surface area contributed by atoms with Gasteiger partial charge in [-0.3, -0.25) is 4.79 Å². The summed E-state index contributed by atoms with van der Waals surface area (Å²) in [6.07, 6.45) is 2.20. The lowest BCUT2D eigenvalue weighted by atomic mass is 9.96. The molecule has 0 saturated carbocycles. The van der Waals surface area contributed by atoms with Crippen LogP contribution in [0.3, 0.4) is 0 Å². The van der Waals surface area contributed by atoms with Crippen molar-refractivity contribution in [3.05, 3.63) is 30.3 Å². The zero-order valence-electron chi connectivity index (χ0n) is 15.3. The molecule has 140 valence electrons. The third-order valence-electron chi connectivity index (χ3n) is 4.62. The lowest BCUT2D eigenvalue weighted by Gasteiger charge is -2.33. The minimum Gasteiger partial charge on any atom is -0.356 e. The second-order valence-electron chi connectivity index (χ2n) is 7.32. The van der Waals surface area contributed by atoms with Crippen LogP contribution in [0, 0.1) is 11.8 Å². The topological polar surface area (TPSA) is 66.5 Å². The molecule has 25 heavy (non-hydrogen) atoms. The molecule has 1 heterocycles. The Balaban J connectivity index is 1.68. The van der Waals surface area contributed by atoms with Crippen LogP contribution in [0.5, 0.6) is 0 Å². The Morgan fingerprint density at radius 3 is 2.44 bits per heavy atom. The van der Waals surface area contributed by atoms with Crippen molar-refractivity contribution >= 4 is 15.7 Å². The summed E-state index contributed by atoms with van der Waals surface area (Å²) < 4.78 is 24.4. The molecule has 0 aliphatic carbocycles. The summed E-state index contributed by atoms with van der Waals surface area (Å²) in [5.74, 6) is 0.861. The third-order valence-corrected chi connectivity index (χ3v) is 6.35. The third kappa shape index (κ3) is 6.78. The van der Waals surface area contributed by atoms with Crippen LogP contribution >= 0.6 is 0 Å². The predicted molar refractivity (Wildman–Crippen MR) is 100 cm³/mol. The Kier molecular flexibility index (Phi) is 7.44. The molecule has 1 amide bonds. The highest BCUT2D eigenvalue weighted by atomic mass is 32.2. The summed E-state index contributed by atoms with van der Waals surface area (Å²) in [6, 6.07) is 8.30. The zero-order valence-corrected chi connectivity index (χ0v) is 16.1. The number of sulfone groups is 1. The summed E-state index contributed by atoms with van der Waals surface area (Å²) in [4.78, 5) is 14.7. The molecule has 0 bridgehead atoms. The highest BCUT2D eigenvalue weighted by molar-refractivity contribution is 7.91. The molecule has 0 unspecified atom stereocenters. The molecular weight excluding hydrogens is 336 g/mol. The van der Waals surface area contributed by atoms with E-state index in [1.807, 2.05) is 0 Å². The smallest absolute Gasteiger partial charge is 0.221 e. The Bertz CT molecular complexity index is 636. The highest BCUT2D eigenvalue weighted by Gasteiger charge is 2.21. The first-order valence-electron chi connectivity index (χ1n) is 9.13. The number of likely N-dealkylation sites (tertiary alicyclic amines) is 1. The van der Waals surface area contributed by atoms with Crippen LogP contribution in [0.15, 0.2) is 35.2 Å². The van der Waals surface area contributed by atoms with Crippen molar-refractivity contribution in [2.24, 2.45) is 11.8 Å². The average Bonchev–Trinajstić information content (AvgIpc) is 2.60. The van der Waals surface area contributed by atoms with Gasteiger partial charge in [-0.2, -0.15) is 0 Å². The summed E-state index contributed by atoms with van der Waals surface area (Å²) in [5, 5.41) is 2.91. The molecule has 1 aliphatic heterocycles. The highest BCUT2D eigenvalue weighted by Crippen LogP contribution is 2.17. The van der Waals surface area contributed by atoms with E-state index in [9.17, 15) is 13.2 Å². The Morgan fingerprint density at radius 2 is 1.84 bits per heavy atom. The molecule has 0 aromatic heterocycles. The number of amides is 1. The van der Waals surface area contributed by atoms with E-state index in [0.717, 1.165) is 32.5 Å². The molecule has 0 spiro atoms.